The standard InChI is InChI=1S/C21H32F3N5.HI/c1-25-20(26-13-17-9-12-28(15-17)16-21(22,23)24)27-14-19(29-10-5-6-11-29)18-7-3-2-4-8-18;/h2-4,7-8,17,19H,5-6,9-16H2,1H3,(H2,25,26,27);1H. The Morgan fingerprint density at radius 2 is 1.83 bits per heavy atom. The van der Waals surface area contributed by atoms with E-state index in [0.29, 0.717) is 25.6 Å². The van der Waals surface area contributed by atoms with Gasteiger partial charge in [0.2, 0.25) is 0 Å². The minimum atomic E-state index is -4.12. The summed E-state index contributed by atoms with van der Waals surface area (Å²) >= 11 is 0. The van der Waals surface area contributed by atoms with Crippen LogP contribution in [0.2, 0.25) is 0 Å². The fourth-order valence-electron chi connectivity index (χ4n) is 4.32. The maximum Gasteiger partial charge on any atom is 0.401 e. The molecule has 0 bridgehead atoms. The van der Waals surface area contributed by atoms with Crippen molar-refractivity contribution in [1.29, 1.82) is 0 Å². The number of aliphatic imine (C=N–C) groups is 1. The van der Waals surface area contributed by atoms with Crippen molar-refractivity contribution in [1.82, 2.24) is 20.4 Å². The second-order valence-corrected chi connectivity index (χ2v) is 8.01. The third kappa shape index (κ3) is 7.88. The van der Waals surface area contributed by atoms with Crippen molar-refractivity contribution in [3.8, 4) is 0 Å². The fourth-order valence-corrected chi connectivity index (χ4v) is 4.32. The molecule has 5 nitrogen and oxygen atoms in total. The highest BCUT2D eigenvalue weighted by Gasteiger charge is 2.34. The number of hydrogen-bond donors (Lipinski definition) is 2. The quantitative estimate of drug-likeness (QED) is 0.317. The van der Waals surface area contributed by atoms with Gasteiger partial charge in [-0.2, -0.15) is 13.2 Å². The molecule has 1 aromatic carbocycles. The first kappa shape index (κ1) is 25.2. The molecule has 30 heavy (non-hydrogen) atoms. The van der Waals surface area contributed by atoms with Gasteiger partial charge in [0, 0.05) is 26.7 Å². The molecule has 0 aromatic heterocycles. The number of nitrogens with one attached hydrogen (secondary N) is 2. The van der Waals surface area contributed by atoms with Crippen LogP contribution in [0.4, 0.5) is 13.2 Å². The van der Waals surface area contributed by atoms with Crippen molar-refractivity contribution in [2.45, 2.75) is 31.5 Å². The maximum atomic E-state index is 12.6. The molecule has 2 atom stereocenters. The molecule has 0 radical (unpaired) electrons. The van der Waals surface area contributed by atoms with Gasteiger partial charge in [-0.05, 0) is 50.4 Å². The van der Waals surface area contributed by atoms with Gasteiger partial charge in [0.05, 0.1) is 12.6 Å². The zero-order chi connectivity index (χ0) is 20.7. The van der Waals surface area contributed by atoms with Gasteiger partial charge in [0.1, 0.15) is 0 Å². The van der Waals surface area contributed by atoms with E-state index in [4.69, 9.17) is 0 Å². The van der Waals surface area contributed by atoms with Gasteiger partial charge < -0.3 is 10.6 Å². The molecule has 2 fully saturated rings. The Balaban J connectivity index is 0.00000320. The van der Waals surface area contributed by atoms with Crippen LogP contribution in [0.3, 0.4) is 0 Å². The summed E-state index contributed by atoms with van der Waals surface area (Å²) < 4.78 is 37.7. The third-order valence-corrected chi connectivity index (χ3v) is 5.78. The smallest absolute Gasteiger partial charge is 0.356 e. The molecule has 0 spiro atoms. The van der Waals surface area contributed by atoms with Gasteiger partial charge in [-0.3, -0.25) is 14.8 Å². The lowest BCUT2D eigenvalue weighted by atomic mass is 10.1. The number of guanidine groups is 1. The molecule has 2 N–H and O–H groups in total. The van der Waals surface area contributed by atoms with E-state index < -0.39 is 12.7 Å². The summed E-state index contributed by atoms with van der Waals surface area (Å²) in [4.78, 5) is 8.29. The minimum Gasteiger partial charge on any atom is -0.356 e. The molecule has 2 saturated heterocycles. The first-order valence-corrected chi connectivity index (χ1v) is 10.5. The SMILES string of the molecule is CN=C(NCC1CCN(CC(F)(F)F)C1)NCC(c1ccccc1)N1CCCC1.I. The van der Waals surface area contributed by atoms with Crippen LogP contribution in [-0.4, -0.2) is 74.8 Å². The summed E-state index contributed by atoms with van der Waals surface area (Å²) in [6.45, 7) is 3.75. The van der Waals surface area contributed by atoms with E-state index in [2.05, 4.69) is 44.8 Å². The number of benzene rings is 1. The summed E-state index contributed by atoms with van der Waals surface area (Å²) in [5.41, 5.74) is 1.29. The van der Waals surface area contributed by atoms with Crippen LogP contribution in [-0.2, 0) is 0 Å². The molecule has 9 heteroatoms. The Hall–Kier alpha value is -1.07. The van der Waals surface area contributed by atoms with Crippen molar-refractivity contribution in [3.05, 3.63) is 35.9 Å². The first-order valence-electron chi connectivity index (χ1n) is 10.5. The zero-order valence-corrected chi connectivity index (χ0v) is 19.8. The highest BCUT2D eigenvalue weighted by molar-refractivity contribution is 14.0. The maximum absolute atomic E-state index is 12.6. The van der Waals surface area contributed by atoms with E-state index >= 15 is 0 Å². The number of alkyl halides is 3. The van der Waals surface area contributed by atoms with Crippen molar-refractivity contribution in [2.75, 3.05) is 52.9 Å². The molecule has 2 aliphatic heterocycles. The lowest BCUT2D eigenvalue weighted by Crippen LogP contribution is -2.44. The van der Waals surface area contributed by atoms with Crippen LogP contribution in [0.25, 0.3) is 0 Å². The second kappa shape index (κ2) is 12.1. The van der Waals surface area contributed by atoms with E-state index in [9.17, 15) is 13.2 Å². The van der Waals surface area contributed by atoms with Crippen molar-refractivity contribution in [3.63, 3.8) is 0 Å². The number of halogens is 4. The minimum absolute atomic E-state index is 0. The predicted molar refractivity (Wildman–Crippen MR) is 125 cm³/mol. The van der Waals surface area contributed by atoms with E-state index in [0.717, 1.165) is 26.1 Å². The number of likely N-dealkylation sites (tertiary alicyclic amines) is 2. The molecule has 2 heterocycles. The number of nitrogens with zero attached hydrogens (tertiary/aromatic N) is 3. The molecular weight excluding hydrogens is 506 g/mol. The largest absolute Gasteiger partial charge is 0.401 e. The lowest BCUT2D eigenvalue weighted by Gasteiger charge is -2.29. The van der Waals surface area contributed by atoms with E-state index in [1.54, 1.807) is 7.05 Å². The van der Waals surface area contributed by atoms with Gasteiger partial charge in [-0.15, -0.1) is 24.0 Å². The van der Waals surface area contributed by atoms with Crippen LogP contribution >= 0.6 is 24.0 Å². The van der Waals surface area contributed by atoms with Gasteiger partial charge >= 0.3 is 6.18 Å². The molecule has 0 aliphatic carbocycles. The Morgan fingerprint density at radius 3 is 2.47 bits per heavy atom. The number of rotatable bonds is 7. The van der Waals surface area contributed by atoms with E-state index in [-0.39, 0.29) is 35.9 Å². The Kier molecular flexibility index (Phi) is 10.2. The van der Waals surface area contributed by atoms with Crippen LogP contribution in [0, 0.1) is 5.92 Å². The summed E-state index contributed by atoms with van der Waals surface area (Å²) in [5.74, 6) is 0.916. The normalized spacial score (nSPS) is 22.0. The van der Waals surface area contributed by atoms with Crippen molar-refractivity contribution < 1.29 is 13.2 Å². The fraction of sp³-hybridized carbons (Fsp3) is 0.667. The molecule has 2 aliphatic rings. The van der Waals surface area contributed by atoms with Crippen molar-refractivity contribution in [2.24, 2.45) is 10.9 Å². The van der Waals surface area contributed by atoms with Gasteiger partial charge in [-0.1, -0.05) is 30.3 Å². The lowest BCUT2D eigenvalue weighted by molar-refractivity contribution is -0.143. The summed E-state index contributed by atoms with van der Waals surface area (Å²) in [6.07, 6.45) is -0.888. The topological polar surface area (TPSA) is 42.9 Å². The molecule has 170 valence electrons. The van der Waals surface area contributed by atoms with Crippen LogP contribution in [0.1, 0.15) is 30.9 Å². The van der Waals surface area contributed by atoms with Crippen molar-refractivity contribution >= 4 is 29.9 Å². The van der Waals surface area contributed by atoms with Crippen LogP contribution in [0.5, 0.6) is 0 Å². The van der Waals surface area contributed by atoms with Gasteiger partial charge in [0.15, 0.2) is 5.96 Å². The second-order valence-electron chi connectivity index (χ2n) is 8.01. The highest BCUT2D eigenvalue weighted by Crippen LogP contribution is 2.25. The molecule has 2 unspecified atom stereocenters. The average Bonchev–Trinajstić information content (AvgIpc) is 3.36. The molecule has 1 aromatic rings. The Morgan fingerprint density at radius 1 is 1.13 bits per heavy atom. The zero-order valence-electron chi connectivity index (χ0n) is 17.5. The van der Waals surface area contributed by atoms with Gasteiger partial charge in [0.25, 0.3) is 0 Å². The van der Waals surface area contributed by atoms with E-state index in [1.807, 2.05) is 6.07 Å². The monoisotopic (exact) mass is 539 g/mol. The van der Waals surface area contributed by atoms with Gasteiger partial charge in [-0.25, -0.2) is 0 Å². The third-order valence-electron chi connectivity index (χ3n) is 5.78. The first-order chi connectivity index (χ1) is 13.9. The Bertz CT molecular complexity index is 650. The molecule has 0 amide bonds. The predicted octanol–water partition coefficient (Wildman–Crippen LogP) is 3.49. The Labute approximate surface area is 194 Å². The molecular formula is C21H33F3IN5. The summed E-state index contributed by atoms with van der Waals surface area (Å²) in [6, 6.07) is 10.8. The summed E-state index contributed by atoms with van der Waals surface area (Å²) in [7, 11) is 1.73. The van der Waals surface area contributed by atoms with E-state index in [1.165, 1.54) is 23.3 Å². The average molecular weight is 539 g/mol. The summed E-state index contributed by atoms with van der Waals surface area (Å²) in [5, 5.41) is 6.73. The number of hydrogen-bond acceptors (Lipinski definition) is 3. The molecule has 0 saturated carbocycles. The highest BCUT2D eigenvalue weighted by atomic mass is 127. The van der Waals surface area contributed by atoms with Crippen LogP contribution < -0.4 is 10.6 Å². The molecule has 3 rings (SSSR count). The van der Waals surface area contributed by atoms with Crippen LogP contribution in [0.15, 0.2) is 35.3 Å².